The molecule has 1 aromatic carbocycles. The number of carbonyl (C=O) groups is 1. The molecule has 0 spiro atoms. The first-order valence-electron chi connectivity index (χ1n) is 10.8. The van der Waals surface area contributed by atoms with Gasteiger partial charge in [0.15, 0.2) is 0 Å². The highest BCUT2D eigenvalue weighted by Crippen LogP contribution is 2.52. The number of halogens is 3. The zero-order valence-electron chi connectivity index (χ0n) is 18.7. The van der Waals surface area contributed by atoms with Crippen molar-refractivity contribution in [1.29, 1.82) is 0 Å². The number of nitrogens with zero attached hydrogens (tertiary/aromatic N) is 2. The Balaban J connectivity index is 1.63. The first-order chi connectivity index (χ1) is 15.4. The van der Waals surface area contributed by atoms with E-state index in [4.69, 9.17) is 9.72 Å². The number of aryl methyl sites for hydroxylation is 1. The lowest BCUT2D eigenvalue weighted by molar-refractivity contribution is -0.274. The molecule has 178 valence electrons. The van der Waals surface area contributed by atoms with E-state index in [0.29, 0.717) is 54.9 Å². The van der Waals surface area contributed by atoms with Crippen LogP contribution in [0.2, 0.25) is 0 Å². The van der Waals surface area contributed by atoms with Crippen molar-refractivity contribution >= 4 is 6.09 Å². The van der Waals surface area contributed by atoms with E-state index in [1.54, 1.807) is 26.8 Å². The molecule has 2 aliphatic rings. The van der Waals surface area contributed by atoms with Crippen LogP contribution in [0.25, 0.3) is 0 Å². The number of fused-ring (bicyclic) bond motifs is 1. The molecule has 0 radical (unpaired) electrons. The lowest BCUT2D eigenvalue weighted by Crippen LogP contribution is -2.37. The van der Waals surface area contributed by atoms with Crippen LogP contribution in [-0.2, 0) is 23.1 Å². The Bertz CT molecular complexity index is 1120. The quantitative estimate of drug-likeness (QED) is 0.725. The van der Waals surface area contributed by atoms with Gasteiger partial charge in [-0.3, -0.25) is 4.79 Å². The van der Waals surface area contributed by atoms with Gasteiger partial charge in [-0.1, -0.05) is 12.1 Å². The SMILES string of the molecule is CC(C)(C)OC(=O)N1CCCc2nc(C3(c4cccc(OC(F)(F)F)c4)CC3)[nH]c(=O)c2C1. The van der Waals surface area contributed by atoms with E-state index in [-0.39, 0.29) is 17.9 Å². The Kier molecular flexibility index (Phi) is 5.66. The monoisotopic (exact) mass is 465 g/mol. The number of hydrogen-bond donors (Lipinski definition) is 1. The van der Waals surface area contributed by atoms with Crippen LogP contribution >= 0.6 is 0 Å². The number of aromatic amines is 1. The summed E-state index contributed by atoms with van der Waals surface area (Å²) in [7, 11) is 0. The third kappa shape index (κ3) is 5.15. The van der Waals surface area contributed by atoms with Gasteiger partial charge >= 0.3 is 12.5 Å². The summed E-state index contributed by atoms with van der Waals surface area (Å²) in [6.07, 6.45) is -2.85. The molecule has 1 aliphatic heterocycles. The van der Waals surface area contributed by atoms with Gasteiger partial charge < -0.3 is 19.4 Å². The molecule has 7 nitrogen and oxygen atoms in total. The van der Waals surface area contributed by atoms with Crippen LogP contribution in [0.5, 0.6) is 5.75 Å². The smallest absolute Gasteiger partial charge is 0.444 e. The maximum atomic E-state index is 13.0. The van der Waals surface area contributed by atoms with Gasteiger partial charge in [-0.25, -0.2) is 9.78 Å². The molecule has 2 heterocycles. The standard InChI is InChI=1S/C23H26F3N3O4/c1-21(2,3)33-20(31)29-11-5-8-17-16(13-29)18(30)28-19(27-17)22(9-10-22)14-6-4-7-15(12-14)32-23(24,25)26/h4,6-7,12H,5,8-11,13H2,1-3H3,(H,27,28,30). The fourth-order valence-corrected chi connectivity index (χ4v) is 4.11. The number of carbonyl (C=O) groups excluding carboxylic acids is 1. The van der Waals surface area contributed by atoms with Crippen molar-refractivity contribution < 1.29 is 27.4 Å². The number of benzene rings is 1. The van der Waals surface area contributed by atoms with E-state index < -0.39 is 23.5 Å². The molecule has 1 N–H and O–H groups in total. The van der Waals surface area contributed by atoms with Crippen molar-refractivity contribution in [3.05, 3.63) is 57.3 Å². The van der Waals surface area contributed by atoms with Gasteiger partial charge in [-0.05, 0) is 64.2 Å². The average Bonchev–Trinajstić information content (AvgIpc) is 3.50. The number of rotatable bonds is 3. The number of alkyl halides is 3. The van der Waals surface area contributed by atoms with Gasteiger partial charge in [-0.15, -0.1) is 13.2 Å². The molecule has 1 aromatic heterocycles. The summed E-state index contributed by atoms with van der Waals surface area (Å²) in [4.78, 5) is 34.6. The van der Waals surface area contributed by atoms with E-state index in [2.05, 4.69) is 9.72 Å². The van der Waals surface area contributed by atoms with Gasteiger partial charge in [0.05, 0.1) is 23.2 Å². The normalized spacial score (nSPS) is 17.7. The molecule has 10 heteroatoms. The largest absolute Gasteiger partial charge is 0.573 e. The molecule has 0 atom stereocenters. The molecule has 1 saturated carbocycles. The summed E-state index contributed by atoms with van der Waals surface area (Å²) < 4.78 is 47.4. The number of aromatic nitrogens is 2. The van der Waals surface area contributed by atoms with Crippen molar-refractivity contribution in [3.63, 3.8) is 0 Å². The highest BCUT2D eigenvalue weighted by Gasteiger charge is 2.49. The number of amides is 1. The lowest BCUT2D eigenvalue weighted by atomic mass is 9.94. The maximum absolute atomic E-state index is 13.0. The minimum atomic E-state index is -4.79. The minimum Gasteiger partial charge on any atom is -0.444 e. The van der Waals surface area contributed by atoms with Crippen molar-refractivity contribution in [3.8, 4) is 5.75 Å². The van der Waals surface area contributed by atoms with Gasteiger partial charge in [0.25, 0.3) is 5.56 Å². The number of nitrogens with one attached hydrogen (secondary N) is 1. The Morgan fingerprint density at radius 3 is 2.58 bits per heavy atom. The number of ether oxygens (including phenoxy) is 2. The fraction of sp³-hybridized carbons (Fsp3) is 0.522. The molecule has 1 amide bonds. The summed E-state index contributed by atoms with van der Waals surface area (Å²) in [5.74, 6) is 0.123. The van der Waals surface area contributed by atoms with E-state index in [1.807, 2.05) is 0 Å². The molecular formula is C23H26F3N3O4. The van der Waals surface area contributed by atoms with Crippen LogP contribution in [0, 0.1) is 0 Å². The Labute approximate surface area is 188 Å². The molecule has 0 bridgehead atoms. The topological polar surface area (TPSA) is 84.5 Å². The summed E-state index contributed by atoms with van der Waals surface area (Å²) >= 11 is 0. The fourth-order valence-electron chi connectivity index (χ4n) is 4.11. The number of H-pyrrole nitrogens is 1. The van der Waals surface area contributed by atoms with Crippen molar-refractivity contribution in [2.75, 3.05) is 6.54 Å². The van der Waals surface area contributed by atoms with Crippen molar-refractivity contribution in [2.45, 2.75) is 70.4 Å². The van der Waals surface area contributed by atoms with Gasteiger partial charge in [0, 0.05) is 6.54 Å². The third-order valence-electron chi connectivity index (χ3n) is 5.77. The Morgan fingerprint density at radius 2 is 1.94 bits per heavy atom. The average molecular weight is 465 g/mol. The third-order valence-corrected chi connectivity index (χ3v) is 5.77. The molecule has 0 unspecified atom stereocenters. The molecule has 4 rings (SSSR count). The highest BCUT2D eigenvalue weighted by molar-refractivity contribution is 5.68. The first kappa shape index (κ1) is 23.1. The second-order valence-corrected chi connectivity index (χ2v) is 9.50. The predicted octanol–water partition coefficient (Wildman–Crippen LogP) is 4.43. The predicted molar refractivity (Wildman–Crippen MR) is 113 cm³/mol. The first-order valence-corrected chi connectivity index (χ1v) is 10.8. The van der Waals surface area contributed by atoms with E-state index in [9.17, 15) is 22.8 Å². The molecule has 1 aliphatic carbocycles. The highest BCUT2D eigenvalue weighted by atomic mass is 19.4. The second-order valence-electron chi connectivity index (χ2n) is 9.50. The minimum absolute atomic E-state index is 0.0920. The summed E-state index contributed by atoms with van der Waals surface area (Å²) in [6.45, 7) is 5.86. The Hall–Kier alpha value is -3.04. The van der Waals surface area contributed by atoms with Crippen molar-refractivity contribution in [2.24, 2.45) is 0 Å². The number of hydrogen-bond acceptors (Lipinski definition) is 5. The second kappa shape index (κ2) is 8.07. The van der Waals surface area contributed by atoms with Crippen LogP contribution in [0.3, 0.4) is 0 Å². The van der Waals surface area contributed by atoms with Crippen LogP contribution in [-0.4, -0.2) is 39.5 Å². The molecular weight excluding hydrogens is 439 g/mol. The van der Waals surface area contributed by atoms with Crippen LogP contribution < -0.4 is 10.3 Å². The van der Waals surface area contributed by atoms with Crippen molar-refractivity contribution in [1.82, 2.24) is 14.9 Å². The molecule has 2 aromatic rings. The molecule has 33 heavy (non-hydrogen) atoms. The molecule has 1 fully saturated rings. The lowest BCUT2D eigenvalue weighted by Gasteiger charge is -2.26. The van der Waals surface area contributed by atoms with Gasteiger partial charge in [0.1, 0.15) is 17.2 Å². The summed E-state index contributed by atoms with van der Waals surface area (Å²) in [6, 6.07) is 5.80. The maximum Gasteiger partial charge on any atom is 0.573 e. The van der Waals surface area contributed by atoms with Crippen LogP contribution in [0.15, 0.2) is 29.1 Å². The van der Waals surface area contributed by atoms with E-state index in [1.165, 1.54) is 23.1 Å². The zero-order chi connectivity index (χ0) is 24.0. The van der Waals surface area contributed by atoms with Gasteiger partial charge in [-0.2, -0.15) is 0 Å². The van der Waals surface area contributed by atoms with Crippen LogP contribution in [0.1, 0.15) is 62.7 Å². The summed E-state index contributed by atoms with van der Waals surface area (Å²) in [5, 5.41) is 0. The van der Waals surface area contributed by atoms with E-state index in [0.717, 1.165) is 0 Å². The molecule has 0 saturated heterocycles. The van der Waals surface area contributed by atoms with Gasteiger partial charge in [0.2, 0.25) is 0 Å². The summed E-state index contributed by atoms with van der Waals surface area (Å²) in [5.41, 5.74) is -0.0311. The zero-order valence-corrected chi connectivity index (χ0v) is 18.7. The van der Waals surface area contributed by atoms with E-state index >= 15 is 0 Å². The van der Waals surface area contributed by atoms with Crippen LogP contribution in [0.4, 0.5) is 18.0 Å². The Morgan fingerprint density at radius 1 is 1.21 bits per heavy atom.